The van der Waals surface area contributed by atoms with Crippen molar-refractivity contribution in [3.63, 3.8) is 0 Å². The third kappa shape index (κ3) is 3.52. The summed E-state index contributed by atoms with van der Waals surface area (Å²) in [4.78, 5) is 18.0. The van der Waals surface area contributed by atoms with E-state index in [9.17, 15) is 4.79 Å². The summed E-state index contributed by atoms with van der Waals surface area (Å²) in [7, 11) is 0. The number of nitrogens with zero attached hydrogens (tertiary/aromatic N) is 2. The molecule has 0 spiro atoms. The number of thiazole rings is 1. The minimum atomic E-state index is -0.0135. The van der Waals surface area contributed by atoms with Gasteiger partial charge in [-0.3, -0.25) is 9.20 Å². The Kier molecular flexibility index (Phi) is 4.68. The highest BCUT2D eigenvalue weighted by Crippen LogP contribution is 2.24. The van der Waals surface area contributed by atoms with Gasteiger partial charge in [-0.15, -0.1) is 11.3 Å². The van der Waals surface area contributed by atoms with E-state index in [0.717, 1.165) is 33.4 Å². The third-order valence-electron chi connectivity index (χ3n) is 3.89. The maximum atomic E-state index is 12.6. The summed E-state index contributed by atoms with van der Waals surface area (Å²) >= 11 is 3.28. The number of aromatic nitrogens is 2. The molecule has 0 aliphatic heterocycles. The van der Waals surface area contributed by atoms with Gasteiger partial charge in [0.05, 0.1) is 11.4 Å². The molecule has 0 atom stereocenters. The molecule has 25 heavy (non-hydrogen) atoms. The minimum absolute atomic E-state index is 0.0135. The molecule has 2 heterocycles. The normalized spacial score (nSPS) is 11.0. The number of thioether (sulfide) groups is 1. The highest BCUT2D eigenvalue weighted by molar-refractivity contribution is 7.97. The molecule has 0 aliphatic rings. The average molecular weight is 364 g/mol. The van der Waals surface area contributed by atoms with Crippen molar-refractivity contribution in [1.29, 1.82) is 0 Å². The van der Waals surface area contributed by atoms with Crippen molar-refractivity contribution in [2.24, 2.45) is 0 Å². The summed E-state index contributed by atoms with van der Waals surface area (Å²) in [5, 5.41) is 2.00. The van der Waals surface area contributed by atoms with E-state index in [4.69, 9.17) is 0 Å². The van der Waals surface area contributed by atoms with Gasteiger partial charge in [-0.2, -0.15) is 11.8 Å². The van der Waals surface area contributed by atoms with Crippen LogP contribution in [0.25, 0.3) is 16.2 Å². The minimum Gasteiger partial charge on any atom is -0.269 e. The van der Waals surface area contributed by atoms with Crippen LogP contribution in [0.15, 0.2) is 76.9 Å². The Morgan fingerprint density at radius 2 is 1.68 bits per heavy atom. The predicted molar refractivity (Wildman–Crippen MR) is 106 cm³/mol. The lowest BCUT2D eigenvalue weighted by atomic mass is 10.2. The molecule has 0 unspecified atom stereocenters. The standard InChI is InChI=1S/C20H16N2OS2/c23-19-11-17(13-24-12-15-7-3-1-4-8-15)21-20-22(19)18(14-25-20)16-9-5-2-6-10-16/h1-11,14H,12-13H2. The lowest BCUT2D eigenvalue weighted by Gasteiger charge is -2.04. The fourth-order valence-corrected chi connectivity index (χ4v) is 4.51. The second-order valence-electron chi connectivity index (χ2n) is 5.67. The molecule has 0 aliphatic carbocycles. The molecule has 4 rings (SSSR count). The molecule has 0 N–H and O–H groups in total. The van der Waals surface area contributed by atoms with Crippen LogP contribution < -0.4 is 5.56 Å². The molecule has 4 aromatic rings. The van der Waals surface area contributed by atoms with Crippen molar-refractivity contribution in [1.82, 2.24) is 9.38 Å². The monoisotopic (exact) mass is 364 g/mol. The maximum Gasteiger partial charge on any atom is 0.259 e. The maximum absolute atomic E-state index is 12.6. The van der Waals surface area contributed by atoms with Crippen LogP contribution in [-0.2, 0) is 11.5 Å². The Morgan fingerprint density at radius 3 is 2.44 bits per heavy atom. The number of benzene rings is 2. The highest BCUT2D eigenvalue weighted by atomic mass is 32.2. The number of hydrogen-bond acceptors (Lipinski definition) is 4. The van der Waals surface area contributed by atoms with Crippen LogP contribution in [0.3, 0.4) is 0 Å². The second-order valence-corrected chi connectivity index (χ2v) is 7.49. The Balaban J connectivity index is 1.57. The topological polar surface area (TPSA) is 34.4 Å². The van der Waals surface area contributed by atoms with Crippen molar-refractivity contribution in [3.05, 3.63) is 93.7 Å². The number of fused-ring (bicyclic) bond motifs is 1. The van der Waals surface area contributed by atoms with E-state index < -0.39 is 0 Å². The van der Waals surface area contributed by atoms with Gasteiger partial charge in [0.2, 0.25) is 0 Å². The van der Waals surface area contributed by atoms with Crippen molar-refractivity contribution in [3.8, 4) is 11.3 Å². The van der Waals surface area contributed by atoms with Gasteiger partial charge in [0.15, 0.2) is 4.96 Å². The molecule has 5 heteroatoms. The molecule has 0 saturated carbocycles. The molecule has 0 fully saturated rings. The molecule has 0 bridgehead atoms. The van der Waals surface area contributed by atoms with Gasteiger partial charge < -0.3 is 0 Å². The Bertz CT molecular complexity index is 1040. The number of hydrogen-bond donors (Lipinski definition) is 0. The SMILES string of the molecule is O=c1cc(CSCc2ccccc2)nc2scc(-c3ccccc3)n12. The third-order valence-corrected chi connectivity index (χ3v) is 5.75. The van der Waals surface area contributed by atoms with Crippen LogP contribution in [0.4, 0.5) is 0 Å². The lowest BCUT2D eigenvalue weighted by Crippen LogP contribution is -2.14. The molecule has 0 amide bonds. The van der Waals surface area contributed by atoms with Crippen molar-refractivity contribution >= 4 is 28.1 Å². The first-order chi connectivity index (χ1) is 12.3. The first kappa shape index (κ1) is 16.1. The van der Waals surface area contributed by atoms with Crippen LogP contribution in [0.2, 0.25) is 0 Å². The van der Waals surface area contributed by atoms with Gasteiger partial charge in [0, 0.05) is 23.0 Å². The second kappa shape index (κ2) is 7.25. The van der Waals surface area contributed by atoms with Gasteiger partial charge in [0.25, 0.3) is 5.56 Å². The van der Waals surface area contributed by atoms with Gasteiger partial charge in [-0.05, 0) is 11.1 Å². The summed E-state index contributed by atoms with van der Waals surface area (Å²) in [5.41, 5.74) is 4.05. The number of rotatable bonds is 5. The molecule has 2 aromatic carbocycles. The highest BCUT2D eigenvalue weighted by Gasteiger charge is 2.10. The molecular weight excluding hydrogens is 348 g/mol. The molecule has 3 nitrogen and oxygen atoms in total. The molecule has 124 valence electrons. The zero-order valence-electron chi connectivity index (χ0n) is 13.5. The Hall–Kier alpha value is -2.37. The van der Waals surface area contributed by atoms with E-state index >= 15 is 0 Å². The fraction of sp³-hybridized carbons (Fsp3) is 0.100. The van der Waals surface area contributed by atoms with Gasteiger partial charge in [-0.1, -0.05) is 60.7 Å². The van der Waals surface area contributed by atoms with Crippen LogP contribution in [-0.4, -0.2) is 9.38 Å². The quantitative estimate of drug-likeness (QED) is 0.507. The van der Waals surface area contributed by atoms with E-state index in [2.05, 4.69) is 17.1 Å². The first-order valence-corrected chi connectivity index (χ1v) is 10.0. The lowest BCUT2D eigenvalue weighted by molar-refractivity contribution is 1.04. The summed E-state index contributed by atoms with van der Waals surface area (Å²) in [5.74, 6) is 1.65. The Labute approximate surface area is 154 Å². The molecular formula is C20H16N2OS2. The van der Waals surface area contributed by atoms with Crippen LogP contribution in [0.5, 0.6) is 0 Å². The van der Waals surface area contributed by atoms with Gasteiger partial charge in [0.1, 0.15) is 0 Å². The molecule has 0 radical (unpaired) electrons. The van der Waals surface area contributed by atoms with Gasteiger partial charge in [-0.25, -0.2) is 4.98 Å². The van der Waals surface area contributed by atoms with Crippen LogP contribution in [0, 0.1) is 0 Å². The summed E-state index contributed by atoms with van der Waals surface area (Å²) in [6.45, 7) is 0. The smallest absolute Gasteiger partial charge is 0.259 e. The average Bonchev–Trinajstić information content (AvgIpc) is 3.08. The summed E-state index contributed by atoms with van der Waals surface area (Å²) in [6, 6.07) is 21.9. The zero-order chi connectivity index (χ0) is 17.1. The largest absolute Gasteiger partial charge is 0.269 e. The van der Waals surface area contributed by atoms with Crippen LogP contribution in [0.1, 0.15) is 11.3 Å². The van der Waals surface area contributed by atoms with Crippen molar-refractivity contribution in [2.45, 2.75) is 11.5 Å². The van der Waals surface area contributed by atoms with Crippen molar-refractivity contribution < 1.29 is 0 Å². The van der Waals surface area contributed by atoms with E-state index in [0.29, 0.717) is 0 Å². The summed E-state index contributed by atoms with van der Waals surface area (Å²) in [6.07, 6.45) is 0. The van der Waals surface area contributed by atoms with E-state index in [1.165, 1.54) is 16.9 Å². The van der Waals surface area contributed by atoms with E-state index in [1.807, 2.05) is 53.9 Å². The molecule has 0 saturated heterocycles. The first-order valence-electron chi connectivity index (χ1n) is 7.98. The Morgan fingerprint density at radius 1 is 0.960 bits per heavy atom. The molecule has 2 aromatic heterocycles. The van der Waals surface area contributed by atoms with Crippen molar-refractivity contribution in [2.75, 3.05) is 0 Å². The fourth-order valence-electron chi connectivity index (χ4n) is 2.70. The summed E-state index contributed by atoms with van der Waals surface area (Å²) < 4.78 is 1.70. The van der Waals surface area contributed by atoms with E-state index in [-0.39, 0.29) is 5.56 Å². The zero-order valence-corrected chi connectivity index (χ0v) is 15.1. The predicted octanol–water partition coefficient (Wildman–Crippen LogP) is 4.86. The van der Waals surface area contributed by atoms with Gasteiger partial charge >= 0.3 is 0 Å². The van der Waals surface area contributed by atoms with E-state index in [1.54, 1.807) is 22.2 Å². The van der Waals surface area contributed by atoms with Crippen LogP contribution >= 0.6 is 23.1 Å².